The van der Waals surface area contributed by atoms with Gasteiger partial charge in [0.25, 0.3) is 0 Å². The highest BCUT2D eigenvalue weighted by molar-refractivity contribution is 5.43. The van der Waals surface area contributed by atoms with Crippen molar-refractivity contribution >= 4 is 5.69 Å². The van der Waals surface area contributed by atoms with Crippen LogP contribution in [-0.4, -0.2) is 42.4 Å². The number of piperidine rings is 1. The number of β-amino-alcohol motifs (C(OH)–C–C–N with tert-alkyl or cyclic N) is 1. The number of aliphatic hydroxyl groups is 1. The highest BCUT2D eigenvalue weighted by Gasteiger charge is 2.19. The van der Waals surface area contributed by atoms with Gasteiger partial charge in [-0.2, -0.15) is 0 Å². The molecule has 3 N–H and O–H groups in total. The lowest BCUT2D eigenvalue weighted by atomic mass is 10.0. The van der Waals surface area contributed by atoms with Gasteiger partial charge in [-0.25, -0.2) is 0 Å². The minimum absolute atomic E-state index is 0.314. The fourth-order valence-electron chi connectivity index (χ4n) is 2.60. The molecule has 0 bridgehead atoms. The lowest BCUT2D eigenvalue weighted by molar-refractivity contribution is 0.0537. The highest BCUT2D eigenvalue weighted by atomic mass is 16.5. The minimum Gasteiger partial charge on any atom is -0.491 e. The topological polar surface area (TPSA) is 58.7 Å². The van der Waals surface area contributed by atoms with Crippen LogP contribution in [0.15, 0.2) is 24.3 Å². The number of ether oxygens (including phenoxy) is 1. The molecule has 0 aliphatic carbocycles. The van der Waals surface area contributed by atoms with Crippen LogP contribution in [0, 0.1) is 5.92 Å². The van der Waals surface area contributed by atoms with Crippen molar-refractivity contribution in [2.24, 2.45) is 5.92 Å². The molecule has 0 aromatic heterocycles. The number of hydrogen-bond acceptors (Lipinski definition) is 4. The van der Waals surface area contributed by atoms with Gasteiger partial charge in [-0.3, -0.25) is 0 Å². The second-order valence-electron chi connectivity index (χ2n) is 5.54. The first-order valence-electron chi connectivity index (χ1n) is 7.02. The van der Waals surface area contributed by atoms with E-state index in [1.807, 2.05) is 18.2 Å². The van der Waals surface area contributed by atoms with Crippen LogP contribution in [0.2, 0.25) is 0 Å². The Bertz CT molecular complexity index is 397. The van der Waals surface area contributed by atoms with Gasteiger partial charge < -0.3 is 20.5 Å². The largest absolute Gasteiger partial charge is 0.491 e. The number of rotatable bonds is 5. The van der Waals surface area contributed by atoms with Gasteiger partial charge >= 0.3 is 0 Å². The SMILES string of the molecule is CC1CCCN(CC(O)COc2cccc(N)c2)C1. The maximum absolute atomic E-state index is 10.0. The molecule has 4 heteroatoms. The molecule has 1 fully saturated rings. The monoisotopic (exact) mass is 264 g/mol. The van der Waals surface area contributed by atoms with Crippen LogP contribution in [0.3, 0.4) is 0 Å². The van der Waals surface area contributed by atoms with Gasteiger partial charge in [0.2, 0.25) is 0 Å². The Morgan fingerprint density at radius 3 is 3.11 bits per heavy atom. The van der Waals surface area contributed by atoms with Gasteiger partial charge in [0.05, 0.1) is 0 Å². The van der Waals surface area contributed by atoms with Crippen molar-refractivity contribution in [2.75, 3.05) is 32.0 Å². The van der Waals surface area contributed by atoms with Gasteiger partial charge in [-0.1, -0.05) is 13.0 Å². The van der Waals surface area contributed by atoms with E-state index in [0.29, 0.717) is 24.6 Å². The summed E-state index contributed by atoms with van der Waals surface area (Å²) in [6.45, 7) is 5.43. The summed E-state index contributed by atoms with van der Waals surface area (Å²) in [5.74, 6) is 1.45. The molecule has 1 heterocycles. The predicted molar refractivity (Wildman–Crippen MR) is 77.2 cm³/mol. The predicted octanol–water partition coefficient (Wildman–Crippen LogP) is 1.74. The Kier molecular flexibility index (Phi) is 5.05. The number of nitrogens with zero attached hydrogens (tertiary/aromatic N) is 1. The molecule has 19 heavy (non-hydrogen) atoms. The van der Waals surface area contributed by atoms with Crippen LogP contribution >= 0.6 is 0 Å². The standard InChI is InChI=1S/C15H24N2O2/c1-12-4-3-7-17(9-12)10-14(18)11-19-15-6-2-5-13(16)8-15/h2,5-6,8,12,14,18H,3-4,7,9-11,16H2,1H3. The first kappa shape index (κ1) is 14.2. The number of nitrogen functional groups attached to an aromatic ring is 1. The van der Waals surface area contributed by atoms with Crippen molar-refractivity contribution in [1.29, 1.82) is 0 Å². The van der Waals surface area contributed by atoms with E-state index < -0.39 is 6.10 Å². The zero-order valence-electron chi connectivity index (χ0n) is 11.6. The molecular weight excluding hydrogens is 240 g/mol. The molecule has 1 aliphatic rings. The number of likely N-dealkylation sites (tertiary alicyclic amines) is 1. The van der Waals surface area contributed by atoms with Crippen molar-refractivity contribution < 1.29 is 9.84 Å². The molecule has 1 aliphatic heterocycles. The van der Waals surface area contributed by atoms with Crippen molar-refractivity contribution in [2.45, 2.75) is 25.9 Å². The zero-order chi connectivity index (χ0) is 13.7. The molecule has 1 aromatic rings. The number of hydrogen-bond donors (Lipinski definition) is 2. The summed E-state index contributed by atoms with van der Waals surface area (Å²) < 4.78 is 5.56. The van der Waals surface area contributed by atoms with Crippen LogP contribution in [0.4, 0.5) is 5.69 Å². The average molecular weight is 264 g/mol. The van der Waals surface area contributed by atoms with E-state index in [4.69, 9.17) is 10.5 Å². The molecule has 0 spiro atoms. The van der Waals surface area contributed by atoms with Crippen molar-refractivity contribution in [3.05, 3.63) is 24.3 Å². The second-order valence-corrected chi connectivity index (χ2v) is 5.54. The van der Waals surface area contributed by atoms with Crippen molar-refractivity contribution in [1.82, 2.24) is 4.90 Å². The lowest BCUT2D eigenvalue weighted by Gasteiger charge is -2.32. The van der Waals surface area contributed by atoms with Crippen LogP contribution in [0.1, 0.15) is 19.8 Å². The van der Waals surface area contributed by atoms with E-state index in [1.165, 1.54) is 12.8 Å². The molecule has 4 nitrogen and oxygen atoms in total. The molecule has 0 saturated carbocycles. The maximum Gasteiger partial charge on any atom is 0.121 e. The van der Waals surface area contributed by atoms with E-state index in [9.17, 15) is 5.11 Å². The third kappa shape index (κ3) is 4.73. The van der Waals surface area contributed by atoms with Gasteiger partial charge in [0.1, 0.15) is 18.5 Å². The Morgan fingerprint density at radius 1 is 1.53 bits per heavy atom. The van der Waals surface area contributed by atoms with E-state index in [2.05, 4.69) is 11.8 Å². The molecule has 2 atom stereocenters. The number of anilines is 1. The second kappa shape index (κ2) is 6.78. The molecule has 1 aromatic carbocycles. The van der Waals surface area contributed by atoms with Crippen LogP contribution in [0.25, 0.3) is 0 Å². The van der Waals surface area contributed by atoms with Crippen LogP contribution < -0.4 is 10.5 Å². The lowest BCUT2D eigenvalue weighted by Crippen LogP contribution is -2.41. The maximum atomic E-state index is 10.0. The summed E-state index contributed by atoms with van der Waals surface area (Å²) in [7, 11) is 0. The summed E-state index contributed by atoms with van der Waals surface area (Å²) >= 11 is 0. The third-order valence-electron chi connectivity index (χ3n) is 3.51. The molecule has 0 radical (unpaired) electrons. The summed E-state index contributed by atoms with van der Waals surface area (Å²) in [4.78, 5) is 2.32. The Hall–Kier alpha value is -1.26. The quantitative estimate of drug-likeness (QED) is 0.795. The van der Waals surface area contributed by atoms with Gasteiger partial charge in [0.15, 0.2) is 0 Å². The molecule has 2 rings (SSSR count). The fourth-order valence-corrected chi connectivity index (χ4v) is 2.60. The van der Waals surface area contributed by atoms with Gasteiger partial charge in [0, 0.05) is 24.8 Å². The number of benzene rings is 1. The summed E-state index contributed by atoms with van der Waals surface area (Å²) in [5.41, 5.74) is 6.36. The van der Waals surface area contributed by atoms with E-state index >= 15 is 0 Å². The normalized spacial score (nSPS) is 22.1. The van der Waals surface area contributed by atoms with E-state index in [-0.39, 0.29) is 0 Å². The van der Waals surface area contributed by atoms with E-state index in [0.717, 1.165) is 19.0 Å². The van der Waals surface area contributed by atoms with Crippen molar-refractivity contribution in [3.8, 4) is 5.75 Å². The van der Waals surface area contributed by atoms with Gasteiger partial charge in [-0.05, 0) is 37.4 Å². The Balaban J connectivity index is 1.73. The molecular formula is C15H24N2O2. The van der Waals surface area contributed by atoms with Crippen LogP contribution in [0.5, 0.6) is 5.75 Å². The average Bonchev–Trinajstić information content (AvgIpc) is 2.36. The zero-order valence-corrected chi connectivity index (χ0v) is 11.6. The van der Waals surface area contributed by atoms with Gasteiger partial charge in [-0.15, -0.1) is 0 Å². The molecule has 2 unspecified atom stereocenters. The molecule has 0 amide bonds. The fraction of sp³-hybridized carbons (Fsp3) is 0.600. The summed E-state index contributed by atoms with van der Waals surface area (Å²) in [5, 5.41) is 10.0. The molecule has 1 saturated heterocycles. The Labute approximate surface area is 115 Å². The highest BCUT2D eigenvalue weighted by Crippen LogP contribution is 2.17. The molecule has 106 valence electrons. The minimum atomic E-state index is -0.452. The Morgan fingerprint density at radius 2 is 2.37 bits per heavy atom. The van der Waals surface area contributed by atoms with Crippen molar-refractivity contribution in [3.63, 3.8) is 0 Å². The van der Waals surface area contributed by atoms with E-state index in [1.54, 1.807) is 6.07 Å². The first-order chi connectivity index (χ1) is 9.13. The number of aliphatic hydroxyl groups excluding tert-OH is 1. The third-order valence-corrected chi connectivity index (χ3v) is 3.51. The van der Waals surface area contributed by atoms with Crippen LogP contribution in [-0.2, 0) is 0 Å². The first-order valence-corrected chi connectivity index (χ1v) is 7.02. The summed E-state index contributed by atoms with van der Waals surface area (Å²) in [6, 6.07) is 7.30. The summed E-state index contributed by atoms with van der Waals surface area (Å²) in [6.07, 6.45) is 2.07. The number of nitrogens with two attached hydrogens (primary N) is 1. The smallest absolute Gasteiger partial charge is 0.121 e.